The van der Waals surface area contributed by atoms with Crippen molar-refractivity contribution in [1.82, 2.24) is 15.5 Å². The maximum Gasteiger partial charge on any atom is 0.326 e. The van der Waals surface area contributed by atoms with Crippen molar-refractivity contribution in [3.05, 3.63) is 0 Å². The van der Waals surface area contributed by atoms with Crippen LogP contribution in [0, 0.1) is 11.8 Å². The summed E-state index contributed by atoms with van der Waals surface area (Å²) in [6.45, 7) is 4.56. The third kappa shape index (κ3) is 4.61. The third-order valence-corrected chi connectivity index (χ3v) is 4.08. The zero-order valence-corrected chi connectivity index (χ0v) is 12.9. The van der Waals surface area contributed by atoms with Gasteiger partial charge in [-0.25, -0.2) is 9.59 Å². The van der Waals surface area contributed by atoms with E-state index in [4.69, 9.17) is 0 Å². The van der Waals surface area contributed by atoms with Gasteiger partial charge >= 0.3 is 12.0 Å². The number of carboxylic acids is 1. The first-order valence-corrected chi connectivity index (χ1v) is 7.40. The Morgan fingerprint density at radius 2 is 2.05 bits per heavy atom. The largest absolute Gasteiger partial charge is 0.480 e. The number of piperidine rings is 1. The van der Waals surface area contributed by atoms with Crippen LogP contribution in [-0.2, 0) is 9.59 Å². The second-order valence-corrected chi connectivity index (χ2v) is 5.55. The lowest BCUT2D eigenvalue weighted by atomic mass is 9.97. The van der Waals surface area contributed by atoms with E-state index in [0.717, 1.165) is 12.8 Å². The van der Waals surface area contributed by atoms with Crippen molar-refractivity contribution in [1.29, 1.82) is 0 Å². The highest BCUT2D eigenvalue weighted by molar-refractivity contribution is 5.84. The number of rotatable bonds is 5. The second kappa shape index (κ2) is 7.85. The number of hydrogen-bond acceptors (Lipinski definition) is 3. The van der Waals surface area contributed by atoms with E-state index in [1.54, 1.807) is 14.0 Å². The lowest BCUT2D eigenvalue weighted by Crippen LogP contribution is -2.53. The number of nitrogens with one attached hydrogen (secondary N) is 2. The molecule has 3 atom stereocenters. The molecule has 0 aromatic heterocycles. The Bertz CT molecular complexity index is 400. The highest BCUT2D eigenvalue weighted by Gasteiger charge is 2.31. The molecule has 0 saturated carbocycles. The van der Waals surface area contributed by atoms with E-state index in [-0.39, 0.29) is 17.7 Å². The predicted octanol–water partition coefficient (Wildman–Crippen LogP) is 0.653. The molecule has 1 rings (SSSR count). The summed E-state index contributed by atoms with van der Waals surface area (Å²) >= 11 is 0. The SMILES string of the molecule is CC[C@H](C)[C@H](NC(=O)N1CCCC(C(=O)NC)C1)C(=O)O. The van der Waals surface area contributed by atoms with Gasteiger partial charge in [-0.2, -0.15) is 0 Å². The van der Waals surface area contributed by atoms with Gasteiger partial charge in [-0.05, 0) is 18.8 Å². The molecule has 1 saturated heterocycles. The van der Waals surface area contributed by atoms with E-state index >= 15 is 0 Å². The van der Waals surface area contributed by atoms with Crippen LogP contribution in [0.4, 0.5) is 4.79 Å². The summed E-state index contributed by atoms with van der Waals surface area (Å²) < 4.78 is 0. The fourth-order valence-corrected chi connectivity index (χ4v) is 2.49. The average molecular weight is 299 g/mol. The van der Waals surface area contributed by atoms with Crippen LogP contribution in [0.5, 0.6) is 0 Å². The van der Waals surface area contributed by atoms with Crippen molar-refractivity contribution in [3.8, 4) is 0 Å². The van der Waals surface area contributed by atoms with Crippen molar-refractivity contribution in [2.75, 3.05) is 20.1 Å². The lowest BCUT2D eigenvalue weighted by molar-refractivity contribution is -0.140. The van der Waals surface area contributed by atoms with Crippen LogP contribution in [0.1, 0.15) is 33.1 Å². The minimum absolute atomic E-state index is 0.0794. The predicted molar refractivity (Wildman–Crippen MR) is 77.8 cm³/mol. The quantitative estimate of drug-likeness (QED) is 0.694. The Balaban J connectivity index is 2.65. The van der Waals surface area contributed by atoms with Crippen LogP contribution in [0.3, 0.4) is 0 Å². The van der Waals surface area contributed by atoms with Crippen LogP contribution in [0.2, 0.25) is 0 Å². The Morgan fingerprint density at radius 3 is 2.57 bits per heavy atom. The molecule has 0 aliphatic carbocycles. The standard InChI is InChI=1S/C14H25N3O4/c1-4-9(2)11(13(19)20)16-14(21)17-7-5-6-10(8-17)12(18)15-3/h9-11H,4-8H2,1-3H3,(H,15,18)(H,16,21)(H,19,20)/t9-,10?,11-/m0/s1. The Kier molecular flexibility index (Phi) is 6.45. The number of carbonyl (C=O) groups excluding carboxylic acids is 2. The number of likely N-dealkylation sites (tertiary alicyclic amines) is 1. The molecule has 0 radical (unpaired) electrons. The molecule has 1 aliphatic heterocycles. The van der Waals surface area contributed by atoms with Crippen molar-refractivity contribution < 1.29 is 19.5 Å². The molecule has 1 heterocycles. The van der Waals surface area contributed by atoms with Crippen molar-refractivity contribution >= 4 is 17.9 Å². The summed E-state index contributed by atoms with van der Waals surface area (Å²) in [4.78, 5) is 36.6. The normalized spacial score (nSPS) is 21.3. The molecule has 0 bridgehead atoms. The monoisotopic (exact) mass is 299 g/mol. The summed E-state index contributed by atoms with van der Waals surface area (Å²) in [6.07, 6.45) is 2.15. The van der Waals surface area contributed by atoms with E-state index in [1.165, 1.54) is 4.90 Å². The fraction of sp³-hybridized carbons (Fsp3) is 0.786. The van der Waals surface area contributed by atoms with Gasteiger partial charge in [0.05, 0.1) is 5.92 Å². The average Bonchev–Trinajstić information content (AvgIpc) is 2.50. The van der Waals surface area contributed by atoms with Gasteiger partial charge in [-0.15, -0.1) is 0 Å². The minimum Gasteiger partial charge on any atom is -0.480 e. The van der Waals surface area contributed by atoms with Gasteiger partial charge in [0.15, 0.2) is 0 Å². The van der Waals surface area contributed by atoms with E-state index in [9.17, 15) is 19.5 Å². The summed E-state index contributed by atoms with van der Waals surface area (Å²) in [5.41, 5.74) is 0. The molecule has 0 spiro atoms. The second-order valence-electron chi connectivity index (χ2n) is 5.55. The number of amides is 3. The van der Waals surface area contributed by atoms with Gasteiger partial charge in [0.25, 0.3) is 0 Å². The molecule has 1 unspecified atom stereocenters. The number of carbonyl (C=O) groups is 3. The van der Waals surface area contributed by atoms with E-state index in [2.05, 4.69) is 10.6 Å². The number of carboxylic acid groups (broad SMARTS) is 1. The van der Waals surface area contributed by atoms with Crippen LogP contribution >= 0.6 is 0 Å². The molecule has 0 aromatic rings. The lowest BCUT2D eigenvalue weighted by Gasteiger charge is -2.33. The van der Waals surface area contributed by atoms with E-state index in [0.29, 0.717) is 19.5 Å². The third-order valence-electron chi connectivity index (χ3n) is 4.08. The van der Waals surface area contributed by atoms with Crippen LogP contribution in [-0.4, -0.2) is 54.1 Å². The first kappa shape index (κ1) is 17.3. The van der Waals surface area contributed by atoms with Gasteiger partial charge in [0, 0.05) is 20.1 Å². The summed E-state index contributed by atoms with van der Waals surface area (Å²) in [5.74, 6) is -1.48. The van der Waals surface area contributed by atoms with Gasteiger partial charge in [-0.3, -0.25) is 4.79 Å². The maximum absolute atomic E-state index is 12.2. The number of hydrogen-bond donors (Lipinski definition) is 3. The van der Waals surface area contributed by atoms with E-state index < -0.39 is 18.0 Å². The molecule has 7 nitrogen and oxygen atoms in total. The summed E-state index contributed by atoms with van der Waals surface area (Å²) in [7, 11) is 1.57. The summed E-state index contributed by atoms with van der Waals surface area (Å²) in [5, 5.41) is 14.4. The highest BCUT2D eigenvalue weighted by Crippen LogP contribution is 2.17. The first-order chi connectivity index (χ1) is 9.90. The molecule has 1 fully saturated rings. The van der Waals surface area contributed by atoms with E-state index in [1.807, 2.05) is 6.92 Å². The van der Waals surface area contributed by atoms with Crippen LogP contribution in [0.15, 0.2) is 0 Å². The smallest absolute Gasteiger partial charge is 0.326 e. The topological polar surface area (TPSA) is 98.7 Å². The first-order valence-electron chi connectivity index (χ1n) is 7.40. The molecule has 1 aliphatic rings. The molecule has 3 N–H and O–H groups in total. The minimum atomic E-state index is -1.03. The van der Waals surface area contributed by atoms with Gasteiger partial charge in [-0.1, -0.05) is 20.3 Å². The Hall–Kier alpha value is -1.79. The highest BCUT2D eigenvalue weighted by atomic mass is 16.4. The van der Waals surface area contributed by atoms with Crippen molar-refractivity contribution in [3.63, 3.8) is 0 Å². The molecular formula is C14H25N3O4. The summed E-state index contributed by atoms with van der Waals surface area (Å²) in [6, 6.07) is -1.31. The van der Waals surface area contributed by atoms with Gasteiger partial charge in [0.2, 0.25) is 5.91 Å². The molecule has 3 amide bonds. The fourth-order valence-electron chi connectivity index (χ4n) is 2.49. The molecular weight excluding hydrogens is 274 g/mol. The zero-order chi connectivity index (χ0) is 16.0. The number of urea groups is 1. The van der Waals surface area contributed by atoms with Gasteiger partial charge < -0.3 is 20.6 Å². The molecule has 21 heavy (non-hydrogen) atoms. The molecule has 7 heteroatoms. The van der Waals surface area contributed by atoms with Crippen LogP contribution in [0.25, 0.3) is 0 Å². The molecule has 0 aromatic carbocycles. The van der Waals surface area contributed by atoms with Crippen molar-refractivity contribution in [2.45, 2.75) is 39.2 Å². The van der Waals surface area contributed by atoms with Crippen molar-refractivity contribution in [2.24, 2.45) is 11.8 Å². The Labute approximate surface area is 125 Å². The molecule has 120 valence electrons. The number of nitrogens with zero attached hydrogens (tertiary/aromatic N) is 1. The van der Waals surface area contributed by atoms with Gasteiger partial charge in [0.1, 0.15) is 6.04 Å². The Morgan fingerprint density at radius 1 is 1.38 bits per heavy atom. The maximum atomic E-state index is 12.2. The number of aliphatic carboxylic acids is 1. The zero-order valence-electron chi connectivity index (χ0n) is 12.9. The van der Waals surface area contributed by atoms with Crippen LogP contribution < -0.4 is 10.6 Å².